The Hall–Kier alpha value is -1.94. The van der Waals surface area contributed by atoms with Gasteiger partial charge in [0, 0.05) is 11.1 Å². The van der Waals surface area contributed by atoms with Crippen molar-refractivity contribution in [1.82, 2.24) is 19.8 Å². The summed E-state index contributed by atoms with van der Waals surface area (Å²) in [5.41, 5.74) is 4.20. The summed E-state index contributed by atoms with van der Waals surface area (Å²) in [6.07, 6.45) is 3.14. The van der Waals surface area contributed by atoms with Crippen molar-refractivity contribution in [1.29, 1.82) is 0 Å². The summed E-state index contributed by atoms with van der Waals surface area (Å²) < 4.78 is 1.78. The van der Waals surface area contributed by atoms with Crippen LogP contribution in [0.3, 0.4) is 0 Å². The van der Waals surface area contributed by atoms with Crippen molar-refractivity contribution in [3.05, 3.63) is 46.6 Å². The van der Waals surface area contributed by atoms with Crippen molar-refractivity contribution in [2.75, 3.05) is 0 Å². The Kier molecular flexibility index (Phi) is 2.93. The van der Waals surface area contributed by atoms with Gasteiger partial charge in [0.1, 0.15) is 0 Å². The Balaban J connectivity index is 1.96. The first-order valence-corrected chi connectivity index (χ1v) is 7.60. The third-order valence-electron chi connectivity index (χ3n) is 4.18. The maximum Gasteiger partial charge on any atom is 0.185 e. The Labute approximate surface area is 127 Å². The van der Waals surface area contributed by atoms with Crippen LogP contribution in [-0.2, 0) is 12.8 Å². The Morgan fingerprint density at radius 1 is 1.14 bits per heavy atom. The molecule has 0 spiro atoms. The van der Waals surface area contributed by atoms with E-state index in [9.17, 15) is 0 Å². The molecular formula is C16H15ClN4. The lowest BCUT2D eigenvalue weighted by molar-refractivity contribution is 0.499. The van der Waals surface area contributed by atoms with E-state index in [0.29, 0.717) is 11.1 Å². The standard InChI is InChI=1S/C16H15ClN4/c1-10-7-8-12-13(9-10)14(17)20-21-15(18-19-16(12)21)11-5-3-2-4-6-11/h2-6,10H,7-9H2,1H3. The second-order valence-electron chi connectivity index (χ2n) is 5.72. The summed E-state index contributed by atoms with van der Waals surface area (Å²) >= 11 is 6.42. The van der Waals surface area contributed by atoms with Crippen LogP contribution >= 0.6 is 11.6 Å². The summed E-state index contributed by atoms with van der Waals surface area (Å²) in [4.78, 5) is 0. The van der Waals surface area contributed by atoms with Crippen LogP contribution < -0.4 is 0 Å². The zero-order valence-corrected chi connectivity index (χ0v) is 12.5. The van der Waals surface area contributed by atoms with Crippen LogP contribution in [0.2, 0.25) is 5.15 Å². The van der Waals surface area contributed by atoms with E-state index < -0.39 is 0 Å². The molecule has 0 aliphatic heterocycles. The van der Waals surface area contributed by atoms with E-state index in [1.165, 1.54) is 5.56 Å². The number of hydrogen-bond donors (Lipinski definition) is 0. The van der Waals surface area contributed by atoms with Gasteiger partial charge in [-0.05, 0) is 30.7 Å². The number of halogens is 1. The van der Waals surface area contributed by atoms with Crippen LogP contribution in [0, 0.1) is 5.92 Å². The molecule has 5 heteroatoms. The molecular weight excluding hydrogens is 284 g/mol. The Morgan fingerprint density at radius 3 is 2.76 bits per heavy atom. The molecule has 1 aromatic carbocycles. The summed E-state index contributed by atoms with van der Waals surface area (Å²) in [6, 6.07) is 9.97. The molecule has 1 unspecified atom stereocenters. The highest BCUT2D eigenvalue weighted by Crippen LogP contribution is 2.32. The first-order chi connectivity index (χ1) is 10.2. The van der Waals surface area contributed by atoms with Crippen molar-refractivity contribution in [2.45, 2.75) is 26.2 Å². The number of rotatable bonds is 1. The summed E-state index contributed by atoms with van der Waals surface area (Å²) in [7, 11) is 0. The fourth-order valence-electron chi connectivity index (χ4n) is 3.05. The predicted molar refractivity (Wildman–Crippen MR) is 82.4 cm³/mol. The number of aromatic nitrogens is 4. The predicted octanol–water partition coefficient (Wildman–Crippen LogP) is 3.57. The SMILES string of the molecule is CC1CCc2c(c(Cl)nn3c(-c4ccccc4)nnc23)C1. The summed E-state index contributed by atoms with van der Waals surface area (Å²) in [5.74, 6) is 1.39. The third kappa shape index (κ3) is 2.02. The van der Waals surface area contributed by atoms with E-state index in [0.717, 1.165) is 41.9 Å². The van der Waals surface area contributed by atoms with E-state index in [2.05, 4.69) is 22.2 Å². The van der Waals surface area contributed by atoms with Gasteiger partial charge in [-0.2, -0.15) is 9.61 Å². The number of fused-ring (bicyclic) bond motifs is 3. The topological polar surface area (TPSA) is 43.1 Å². The average Bonchev–Trinajstić information content (AvgIpc) is 2.92. The first kappa shape index (κ1) is 12.8. The monoisotopic (exact) mass is 298 g/mol. The zero-order valence-electron chi connectivity index (χ0n) is 11.8. The molecule has 1 aliphatic carbocycles. The molecule has 0 bridgehead atoms. The second kappa shape index (κ2) is 4.81. The van der Waals surface area contributed by atoms with Crippen LogP contribution in [-0.4, -0.2) is 19.8 Å². The molecule has 4 nitrogen and oxygen atoms in total. The zero-order chi connectivity index (χ0) is 14.4. The van der Waals surface area contributed by atoms with Crippen LogP contribution in [0.4, 0.5) is 0 Å². The van der Waals surface area contributed by atoms with Crippen molar-refractivity contribution >= 4 is 17.2 Å². The minimum atomic E-state index is 0.584. The molecule has 2 aromatic heterocycles. The van der Waals surface area contributed by atoms with E-state index in [-0.39, 0.29) is 0 Å². The highest BCUT2D eigenvalue weighted by Gasteiger charge is 2.24. The van der Waals surface area contributed by atoms with Gasteiger partial charge in [-0.3, -0.25) is 0 Å². The smallest absolute Gasteiger partial charge is 0.185 e. The minimum Gasteiger partial charge on any atom is -0.191 e. The molecule has 0 N–H and O–H groups in total. The van der Waals surface area contributed by atoms with Gasteiger partial charge in [0.25, 0.3) is 0 Å². The largest absolute Gasteiger partial charge is 0.191 e. The van der Waals surface area contributed by atoms with E-state index in [1.807, 2.05) is 30.3 Å². The van der Waals surface area contributed by atoms with Gasteiger partial charge in [0.15, 0.2) is 16.6 Å². The van der Waals surface area contributed by atoms with E-state index >= 15 is 0 Å². The molecule has 1 atom stereocenters. The van der Waals surface area contributed by atoms with Crippen LogP contribution in [0.25, 0.3) is 17.0 Å². The second-order valence-corrected chi connectivity index (χ2v) is 6.08. The highest BCUT2D eigenvalue weighted by atomic mass is 35.5. The maximum absolute atomic E-state index is 6.42. The quantitative estimate of drug-likeness (QED) is 0.690. The molecule has 0 saturated carbocycles. The van der Waals surface area contributed by atoms with E-state index in [4.69, 9.17) is 11.6 Å². The molecule has 106 valence electrons. The molecule has 4 rings (SSSR count). The van der Waals surface area contributed by atoms with Gasteiger partial charge in [-0.1, -0.05) is 48.9 Å². The van der Waals surface area contributed by atoms with Gasteiger partial charge < -0.3 is 0 Å². The minimum absolute atomic E-state index is 0.584. The van der Waals surface area contributed by atoms with Gasteiger partial charge in [-0.15, -0.1) is 10.2 Å². The van der Waals surface area contributed by atoms with Gasteiger partial charge in [-0.25, -0.2) is 0 Å². The molecule has 1 aliphatic rings. The summed E-state index contributed by atoms with van der Waals surface area (Å²) in [5, 5.41) is 13.8. The van der Waals surface area contributed by atoms with Crippen molar-refractivity contribution in [3.63, 3.8) is 0 Å². The Bertz CT molecular complexity index is 810. The maximum atomic E-state index is 6.42. The molecule has 0 fully saturated rings. The van der Waals surface area contributed by atoms with Crippen molar-refractivity contribution in [2.24, 2.45) is 5.92 Å². The number of aryl methyl sites for hydroxylation is 1. The van der Waals surface area contributed by atoms with Crippen molar-refractivity contribution < 1.29 is 0 Å². The number of hydrogen-bond acceptors (Lipinski definition) is 3. The number of nitrogens with zero attached hydrogens (tertiary/aromatic N) is 4. The molecule has 0 amide bonds. The highest BCUT2D eigenvalue weighted by molar-refractivity contribution is 6.30. The van der Waals surface area contributed by atoms with Crippen LogP contribution in [0.15, 0.2) is 30.3 Å². The van der Waals surface area contributed by atoms with Gasteiger partial charge >= 0.3 is 0 Å². The average molecular weight is 299 g/mol. The lowest BCUT2D eigenvalue weighted by Crippen LogP contribution is -2.15. The fraction of sp³-hybridized carbons (Fsp3) is 0.312. The normalized spacial score (nSPS) is 17.9. The molecule has 21 heavy (non-hydrogen) atoms. The first-order valence-electron chi connectivity index (χ1n) is 7.22. The third-order valence-corrected chi connectivity index (χ3v) is 4.49. The lowest BCUT2D eigenvalue weighted by Gasteiger charge is -2.22. The van der Waals surface area contributed by atoms with Crippen molar-refractivity contribution in [3.8, 4) is 11.4 Å². The lowest BCUT2D eigenvalue weighted by atomic mass is 9.86. The molecule has 0 saturated heterocycles. The Morgan fingerprint density at radius 2 is 1.95 bits per heavy atom. The summed E-state index contributed by atoms with van der Waals surface area (Å²) in [6.45, 7) is 2.25. The molecule has 2 heterocycles. The van der Waals surface area contributed by atoms with Crippen LogP contribution in [0.1, 0.15) is 24.5 Å². The van der Waals surface area contributed by atoms with Crippen LogP contribution in [0.5, 0.6) is 0 Å². The number of benzene rings is 1. The van der Waals surface area contributed by atoms with Gasteiger partial charge in [0.2, 0.25) is 0 Å². The fourth-order valence-corrected chi connectivity index (χ4v) is 3.32. The van der Waals surface area contributed by atoms with Gasteiger partial charge in [0.05, 0.1) is 0 Å². The molecule has 0 radical (unpaired) electrons. The van der Waals surface area contributed by atoms with E-state index in [1.54, 1.807) is 4.52 Å². The molecule has 3 aromatic rings.